The van der Waals surface area contributed by atoms with Crippen LogP contribution in [0, 0.1) is 32.8 Å². The van der Waals surface area contributed by atoms with Gasteiger partial charge in [0.15, 0.2) is 0 Å². The summed E-state index contributed by atoms with van der Waals surface area (Å²) >= 11 is 5.70. The van der Waals surface area contributed by atoms with Crippen molar-refractivity contribution in [2.75, 3.05) is 5.32 Å². The van der Waals surface area contributed by atoms with E-state index < -0.39 is 16.2 Å². The van der Waals surface area contributed by atoms with Gasteiger partial charge in [0.1, 0.15) is 10.4 Å². The van der Waals surface area contributed by atoms with E-state index >= 15 is 0 Å². The molecule has 0 heterocycles. The number of hydrogen-bond acceptors (Lipinski definition) is 4. The van der Waals surface area contributed by atoms with Gasteiger partial charge in [-0.3, -0.25) is 14.9 Å². The Morgan fingerprint density at radius 3 is 2.75 bits per heavy atom. The third-order valence-electron chi connectivity index (χ3n) is 3.44. The van der Waals surface area contributed by atoms with Gasteiger partial charge >= 0.3 is 0 Å². The Hall–Kier alpha value is -2.13. The number of nitro groups is 1. The number of hydrogen-bond donors (Lipinski definition) is 1. The van der Waals surface area contributed by atoms with Crippen LogP contribution >= 0.6 is 11.6 Å². The maximum Gasteiger partial charge on any atom is 0.289 e. The second-order valence-corrected chi connectivity index (χ2v) is 5.49. The molecule has 1 aliphatic carbocycles. The van der Waals surface area contributed by atoms with Gasteiger partial charge in [0.25, 0.3) is 5.69 Å². The molecule has 0 unspecified atom stereocenters. The van der Waals surface area contributed by atoms with E-state index in [1.165, 1.54) is 18.2 Å². The molecule has 0 spiro atoms. The first-order valence-electron chi connectivity index (χ1n) is 6.04. The molecule has 0 radical (unpaired) electrons. The Bertz CT molecular complexity index is 618. The number of rotatable bonds is 3. The van der Waals surface area contributed by atoms with Crippen molar-refractivity contribution in [2.45, 2.75) is 19.8 Å². The number of halogens is 1. The number of nitrogens with zero attached hydrogens (tertiary/aromatic N) is 2. The topological polar surface area (TPSA) is 96.0 Å². The molecule has 1 N–H and O–H groups in total. The maximum atomic E-state index is 12.1. The molecule has 2 rings (SSSR count). The summed E-state index contributed by atoms with van der Waals surface area (Å²) in [4.78, 5) is 22.3. The van der Waals surface area contributed by atoms with Crippen molar-refractivity contribution >= 4 is 28.9 Å². The number of benzene rings is 1. The number of carbonyl (C=O) groups excluding carboxylic acids is 1. The van der Waals surface area contributed by atoms with Crippen molar-refractivity contribution in [1.29, 1.82) is 5.26 Å². The number of nitriles is 1. The van der Waals surface area contributed by atoms with Gasteiger partial charge in [-0.1, -0.05) is 18.5 Å². The van der Waals surface area contributed by atoms with Crippen LogP contribution in [-0.2, 0) is 4.79 Å². The number of amides is 1. The van der Waals surface area contributed by atoms with Crippen molar-refractivity contribution in [3.63, 3.8) is 0 Å². The summed E-state index contributed by atoms with van der Waals surface area (Å²) in [6.07, 6.45) is 1.01. The van der Waals surface area contributed by atoms with E-state index in [0.717, 1.165) is 0 Å². The molecular weight excluding hydrogens is 282 g/mol. The van der Waals surface area contributed by atoms with Gasteiger partial charge in [0.2, 0.25) is 5.91 Å². The first-order chi connectivity index (χ1) is 9.38. The summed E-state index contributed by atoms with van der Waals surface area (Å²) in [5, 5.41) is 22.5. The first kappa shape index (κ1) is 14.3. The Kier molecular flexibility index (Phi) is 3.64. The molecular formula is C13H12ClN3O3. The van der Waals surface area contributed by atoms with Gasteiger partial charge in [0.05, 0.1) is 11.0 Å². The van der Waals surface area contributed by atoms with E-state index in [1.54, 1.807) is 0 Å². The molecule has 20 heavy (non-hydrogen) atoms. The predicted octanol–water partition coefficient (Wildman–Crippen LogP) is 3.13. The number of nitrogens with one attached hydrogen (secondary N) is 1. The van der Waals surface area contributed by atoms with E-state index in [1.807, 2.05) is 13.0 Å². The van der Waals surface area contributed by atoms with Crippen LogP contribution in [0.4, 0.5) is 11.4 Å². The first-order valence-corrected chi connectivity index (χ1v) is 6.42. The van der Waals surface area contributed by atoms with Crippen molar-refractivity contribution < 1.29 is 9.72 Å². The molecule has 1 saturated carbocycles. The average Bonchev–Trinajstić information content (AvgIpc) is 2.36. The SMILES string of the molecule is CC1CC(C#N)(C(=O)Nc2ccc(Cl)c([N+](=O)[O-])c2)C1. The van der Waals surface area contributed by atoms with Gasteiger partial charge in [-0.15, -0.1) is 0 Å². The van der Waals surface area contributed by atoms with Gasteiger partial charge < -0.3 is 5.32 Å². The monoisotopic (exact) mass is 293 g/mol. The molecule has 0 atom stereocenters. The number of carbonyl (C=O) groups is 1. The summed E-state index contributed by atoms with van der Waals surface area (Å²) < 4.78 is 0. The van der Waals surface area contributed by atoms with Crippen LogP contribution in [0.2, 0.25) is 5.02 Å². The lowest BCUT2D eigenvalue weighted by atomic mass is 9.63. The third kappa shape index (κ3) is 2.45. The summed E-state index contributed by atoms with van der Waals surface area (Å²) in [5.74, 6) is -0.0883. The van der Waals surface area contributed by atoms with Gasteiger partial charge in [-0.25, -0.2) is 0 Å². The van der Waals surface area contributed by atoms with Crippen LogP contribution in [0.25, 0.3) is 0 Å². The van der Waals surface area contributed by atoms with Crippen LogP contribution in [0.1, 0.15) is 19.8 Å². The van der Waals surface area contributed by atoms with Crippen LogP contribution in [0.3, 0.4) is 0 Å². The maximum absolute atomic E-state index is 12.1. The molecule has 0 aliphatic heterocycles. The van der Waals surface area contributed by atoms with Gasteiger partial charge in [-0.05, 0) is 30.9 Å². The predicted molar refractivity (Wildman–Crippen MR) is 73.2 cm³/mol. The molecule has 0 bridgehead atoms. The van der Waals surface area contributed by atoms with Crippen LogP contribution < -0.4 is 5.32 Å². The van der Waals surface area contributed by atoms with Crippen LogP contribution in [0.5, 0.6) is 0 Å². The zero-order valence-corrected chi connectivity index (χ0v) is 11.5. The number of nitro benzene ring substituents is 1. The van der Waals surface area contributed by atoms with E-state index in [9.17, 15) is 14.9 Å². The molecule has 0 saturated heterocycles. The lowest BCUT2D eigenvalue weighted by Crippen LogP contribution is -2.45. The van der Waals surface area contributed by atoms with E-state index in [4.69, 9.17) is 16.9 Å². The average molecular weight is 294 g/mol. The van der Waals surface area contributed by atoms with Gasteiger partial charge in [-0.2, -0.15) is 5.26 Å². The Balaban J connectivity index is 2.19. The molecule has 1 aromatic carbocycles. The van der Waals surface area contributed by atoms with Crippen LogP contribution in [0.15, 0.2) is 18.2 Å². The zero-order chi connectivity index (χ0) is 14.9. The smallest absolute Gasteiger partial charge is 0.289 e. The second-order valence-electron chi connectivity index (χ2n) is 5.08. The highest BCUT2D eigenvalue weighted by atomic mass is 35.5. The minimum atomic E-state index is -1.02. The lowest BCUT2D eigenvalue weighted by Gasteiger charge is -2.39. The molecule has 104 valence electrons. The molecule has 6 nitrogen and oxygen atoms in total. The zero-order valence-electron chi connectivity index (χ0n) is 10.7. The van der Waals surface area contributed by atoms with E-state index in [-0.39, 0.29) is 16.4 Å². The normalized spacial score (nSPS) is 24.4. The van der Waals surface area contributed by atoms with Crippen LogP contribution in [-0.4, -0.2) is 10.8 Å². The van der Waals surface area contributed by atoms with Crippen molar-refractivity contribution in [3.8, 4) is 6.07 Å². The van der Waals surface area contributed by atoms with Crippen molar-refractivity contribution in [2.24, 2.45) is 11.3 Å². The quantitative estimate of drug-likeness (QED) is 0.684. The minimum absolute atomic E-state index is 0.000242. The molecule has 1 fully saturated rings. The highest BCUT2D eigenvalue weighted by Crippen LogP contribution is 2.45. The summed E-state index contributed by atoms with van der Waals surface area (Å²) in [6.45, 7) is 1.97. The fraction of sp³-hybridized carbons (Fsp3) is 0.385. The van der Waals surface area contributed by atoms with Gasteiger partial charge in [0, 0.05) is 11.8 Å². The summed E-state index contributed by atoms with van der Waals surface area (Å²) in [7, 11) is 0. The Morgan fingerprint density at radius 1 is 1.60 bits per heavy atom. The largest absolute Gasteiger partial charge is 0.324 e. The summed E-state index contributed by atoms with van der Waals surface area (Å²) in [5.41, 5.74) is -1.04. The third-order valence-corrected chi connectivity index (χ3v) is 3.76. The van der Waals surface area contributed by atoms with E-state index in [2.05, 4.69) is 5.32 Å². The highest BCUT2D eigenvalue weighted by molar-refractivity contribution is 6.32. The highest BCUT2D eigenvalue weighted by Gasteiger charge is 2.49. The molecule has 1 aliphatic rings. The molecule has 0 aromatic heterocycles. The fourth-order valence-electron chi connectivity index (χ4n) is 2.44. The Labute approximate surface area is 120 Å². The summed E-state index contributed by atoms with van der Waals surface area (Å²) in [6, 6.07) is 6.05. The molecule has 7 heteroatoms. The Morgan fingerprint density at radius 2 is 2.25 bits per heavy atom. The lowest BCUT2D eigenvalue weighted by molar-refractivity contribution is -0.384. The standard InChI is InChI=1S/C13H12ClN3O3/c1-8-5-13(6-8,7-15)12(18)16-9-2-3-10(14)11(4-9)17(19)20/h2-4,8H,5-6H2,1H3,(H,16,18). The minimum Gasteiger partial charge on any atom is -0.324 e. The van der Waals surface area contributed by atoms with Crippen molar-refractivity contribution in [3.05, 3.63) is 33.3 Å². The molecule has 1 aromatic rings. The fourth-order valence-corrected chi connectivity index (χ4v) is 2.63. The van der Waals surface area contributed by atoms with Crippen molar-refractivity contribution in [1.82, 2.24) is 0 Å². The second kappa shape index (κ2) is 5.10. The molecule has 1 amide bonds. The van der Waals surface area contributed by atoms with E-state index in [0.29, 0.717) is 18.8 Å². The number of anilines is 1.